The zero-order chi connectivity index (χ0) is 22.4. The predicted molar refractivity (Wildman–Crippen MR) is 152 cm³/mol. The minimum absolute atomic E-state index is 0.810. The van der Waals surface area contributed by atoms with Gasteiger partial charge in [0, 0.05) is 52.1 Å². The molecule has 0 aliphatic rings. The van der Waals surface area contributed by atoms with Crippen molar-refractivity contribution in [1.29, 1.82) is 0 Å². The van der Waals surface area contributed by atoms with Gasteiger partial charge < -0.3 is 4.57 Å². The Labute approximate surface area is 208 Å². The summed E-state index contributed by atoms with van der Waals surface area (Å²) in [6.45, 7) is 0. The summed E-state index contributed by atoms with van der Waals surface area (Å²) < 4.78 is 7.47. The van der Waals surface area contributed by atoms with E-state index < -0.39 is 0 Å². The molecule has 3 heterocycles. The molecule has 0 fully saturated rings. The van der Waals surface area contributed by atoms with Gasteiger partial charge in [-0.1, -0.05) is 72.3 Å². The smallest absolute Gasteiger partial charge is 0.0605 e. The van der Waals surface area contributed by atoms with Crippen molar-refractivity contribution in [3.63, 3.8) is 0 Å². The molecule has 1 nitrogen and oxygen atoms in total. The first-order chi connectivity index (χ1) is 16.8. The van der Waals surface area contributed by atoms with Gasteiger partial charge in [-0.25, -0.2) is 0 Å². The van der Waals surface area contributed by atoms with E-state index in [0.29, 0.717) is 0 Å². The Morgan fingerprint density at radius 2 is 1.18 bits per heavy atom. The van der Waals surface area contributed by atoms with Crippen molar-refractivity contribution in [1.82, 2.24) is 4.57 Å². The second-order valence-electron chi connectivity index (χ2n) is 8.69. The molecule has 3 aromatic heterocycles. The molecule has 0 spiro atoms. The maximum atomic E-state index is 6.98. The Kier molecular flexibility index (Phi) is 3.82. The van der Waals surface area contributed by atoms with Gasteiger partial charge in [0.05, 0.1) is 20.8 Å². The van der Waals surface area contributed by atoms with Crippen LogP contribution in [0, 0.1) is 0 Å². The third-order valence-electron chi connectivity index (χ3n) is 6.86. The molecule has 0 amide bonds. The van der Waals surface area contributed by atoms with Crippen LogP contribution in [0.25, 0.3) is 67.8 Å². The quantitative estimate of drug-likeness (QED) is 0.216. The highest BCUT2D eigenvalue weighted by Crippen LogP contribution is 2.47. The average Bonchev–Trinajstić information content (AvgIpc) is 3.53. The van der Waals surface area contributed by atoms with Gasteiger partial charge >= 0.3 is 0 Å². The van der Waals surface area contributed by atoms with Gasteiger partial charge in [0.15, 0.2) is 0 Å². The first kappa shape index (κ1) is 19.0. The molecule has 160 valence electrons. The van der Waals surface area contributed by atoms with E-state index in [1.54, 1.807) is 11.3 Å². The van der Waals surface area contributed by atoms with Crippen LogP contribution in [-0.2, 0) is 0 Å². The number of thiophene rings is 2. The first-order valence-electron chi connectivity index (χ1n) is 11.2. The molecule has 0 atom stereocenters. The number of para-hydroxylation sites is 2. The lowest BCUT2D eigenvalue weighted by atomic mass is 10.1. The number of aromatic nitrogens is 1. The highest BCUT2D eigenvalue weighted by molar-refractivity contribution is 7.30. The molecule has 4 heteroatoms. The minimum Gasteiger partial charge on any atom is -0.309 e. The minimum atomic E-state index is 0.810. The van der Waals surface area contributed by atoms with Crippen LogP contribution in [-0.4, -0.2) is 4.57 Å². The molecule has 0 unspecified atom stereocenters. The molecule has 0 aliphatic carbocycles. The Bertz CT molecular complexity index is 2040. The van der Waals surface area contributed by atoms with E-state index in [9.17, 15) is 0 Å². The van der Waals surface area contributed by atoms with Crippen LogP contribution >= 0.6 is 34.3 Å². The Hall–Kier alpha value is -3.37. The molecule has 0 radical (unpaired) electrons. The summed E-state index contributed by atoms with van der Waals surface area (Å²) in [5, 5.41) is 8.54. The molecule has 34 heavy (non-hydrogen) atoms. The van der Waals surface area contributed by atoms with Gasteiger partial charge in [-0.3, -0.25) is 0 Å². The van der Waals surface area contributed by atoms with E-state index in [1.807, 2.05) is 11.3 Å². The molecule has 8 rings (SSSR count). The van der Waals surface area contributed by atoms with Gasteiger partial charge in [0.25, 0.3) is 0 Å². The van der Waals surface area contributed by atoms with Crippen LogP contribution in [0.1, 0.15) is 0 Å². The molecule has 5 aromatic carbocycles. The second kappa shape index (κ2) is 6.83. The molecular weight excluding hydrogens is 474 g/mol. The fraction of sp³-hybridized carbons (Fsp3) is 0. The third kappa shape index (κ3) is 2.44. The fourth-order valence-electron chi connectivity index (χ4n) is 5.42. The summed E-state index contributed by atoms with van der Waals surface area (Å²) in [4.78, 5) is 0. The number of hydrogen-bond acceptors (Lipinski definition) is 2. The van der Waals surface area contributed by atoms with Crippen LogP contribution in [0.5, 0.6) is 0 Å². The second-order valence-corrected chi connectivity index (χ2v) is 11.2. The summed E-state index contributed by atoms with van der Waals surface area (Å²) in [7, 11) is 0. The molecule has 0 bridgehead atoms. The maximum absolute atomic E-state index is 6.98. The van der Waals surface area contributed by atoms with E-state index >= 15 is 0 Å². The van der Waals surface area contributed by atoms with Gasteiger partial charge in [0.2, 0.25) is 0 Å². The lowest BCUT2D eigenvalue weighted by Crippen LogP contribution is -1.93. The van der Waals surface area contributed by atoms with Crippen molar-refractivity contribution in [3.8, 4) is 5.69 Å². The van der Waals surface area contributed by atoms with Gasteiger partial charge in [-0.15, -0.1) is 22.7 Å². The van der Waals surface area contributed by atoms with Gasteiger partial charge in [-0.05, 0) is 36.4 Å². The molecule has 0 aliphatic heterocycles. The van der Waals surface area contributed by atoms with Crippen molar-refractivity contribution in [2.24, 2.45) is 0 Å². The highest BCUT2D eigenvalue weighted by atomic mass is 35.5. The van der Waals surface area contributed by atoms with Crippen LogP contribution in [0.3, 0.4) is 0 Å². The van der Waals surface area contributed by atoms with E-state index in [4.69, 9.17) is 11.6 Å². The molecular formula is C30H16ClNS2. The Morgan fingerprint density at radius 1 is 0.529 bits per heavy atom. The zero-order valence-electron chi connectivity index (χ0n) is 17.9. The first-order valence-corrected chi connectivity index (χ1v) is 13.2. The average molecular weight is 490 g/mol. The fourth-order valence-corrected chi connectivity index (χ4v) is 8.18. The van der Waals surface area contributed by atoms with E-state index in [1.165, 1.54) is 57.5 Å². The number of nitrogens with zero attached hydrogens (tertiary/aromatic N) is 1. The lowest BCUT2D eigenvalue weighted by Gasteiger charge is -2.09. The topological polar surface area (TPSA) is 4.93 Å². The van der Waals surface area contributed by atoms with Crippen molar-refractivity contribution >= 4 is 96.4 Å². The summed E-state index contributed by atoms with van der Waals surface area (Å²) in [6.07, 6.45) is 0. The van der Waals surface area contributed by atoms with Crippen molar-refractivity contribution in [3.05, 3.63) is 102 Å². The van der Waals surface area contributed by atoms with Crippen LogP contribution in [0.2, 0.25) is 5.02 Å². The Balaban J connectivity index is 1.54. The van der Waals surface area contributed by atoms with E-state index in [0.717, 1.165) is 15.4 Å². The van der Waals surface area contributed by atoms with E-state index in [2.05, 4.69) is 102 Å². The predicted octanol–water partition coefficient (Wildman–Crippen LogP) is 10.2. The van der Waals surface area contributed by atoms with Crippen LogP contribution in [0.15, 0.2) is 97.1 Å². The van der Waals surface area contributed by atoms with E-state index in [-0.39, 0.29) is 0 Å². The Morgan fingerprint density at radius 3 is 1.94 bits per heavy atom. The summed E-state index contributed by atoms with van der Waals surface area (Å²) >= 11 is 10.7. The molecule has 8 aromatic rings. The number of hydrogen-bond donors (Lipinski definition) is 0. The molecule has 0 saturated heterocycles. The monoisotopic (exact) mass is 489 g/mol. The largest absolute Gasteiger partial charge is 0.309 e. The lowest BCUT2D eigenvalue weighted by molar-refractivity contribution is 1.19. The summed E-state index contributed by atoms with van der Waals surface area (Å²) in [6, 6.07) is 34.9. The van der Waals surface area contributed by atoms with Gasteiger partial charge in [-0.2, -0.15) is 0 Å². The van der Waals surface area contributed by atoms with Crippen molar-refractivity contribution < 1.29 is 0 Å². The number of halogens is 1. The van der Waals surface area contributed by atoms with Crippen molar-refractivity contribution in [2.45, 2.75) is 0 Å². The number of fused-ring (bicyclic) bond motifs is 10. The van der Waals surface area contributed by atoms with Crippen LogP contribution < -0.4 is 0 Å². The van der Waals surface area contributed by atoms with Crippen molar-refractivity contribution in [2.75, 3.05) is 0 Å². The standard InChI is InChI=1S/C30H16ClNS2/c31-23-16-17(32-24-10-4-1-7-18(24)19-8-2-5-11-25(19)32)15-22-28-27(34-29(22)23)14-13-21-20-9-3-6-12-26(20)33-30(21)28/h1-16H. The zero-order valence-corrected chi connectivity index (χ0v) is 20.3. The summed E-state index contributed by atoms with van der Waals surface area (Å²) in [5.41, 5.74) is 3.50. The number of rotatable bonds is 1. The van der Waals surface area contributed by atoms with Gasteiger partial charge in [0.1, 0.15) is 0 Å². The SMILES string of the molecule is Clc1cc(-n2c3ccccc3c3ccccc32)cc2c1sc1ccc3c4ccccc4sc3c12. The number of benzene rings is 5. The molecule has 0 N–H and O–H groups in total. The molecule has 0 saturated carbocycles. The third-order valence-corrected chi connectivity index (χ3v) is 9.67. The van der Waals surface area contributed by atoms with Crippen LogP contribution in [0.4, 0.5) is 0 Å². The highest BCUT2D eigenvalue weighted by Gasteiger charge is 2.18. The maximum Gasteiger partial charge on any atom is 0.0605 e. The summed E-state index contributed by atoms with van der Waals surface area (Å²) in [5.74, 6) is 0. The normalized spacial score (nSPS) is 12.3.